The van der Waals surface area contributed by atoms with Gasteiger partial charge in [-0.3, -0.25) is 4.72 Å². The fraction of sp³-hybridized carbons (Fsp3) is 0.333. The highest BCUT2D eigenvalue weighted by atomic mass is 32.2. The van der Waals surface area contributed by atoms with Gasteiger partial charge in [0.05, 0.1) is 19.9 Å². The van der Waals surface area contributed by atoms with Crippen molar-refractivity contribution in [3.05, 3.63) is 48.0 Å². The van der Waals surface area contributed by atoms with Crippen LogP contribution in [0.15, 0.2) is 47.4 Å². The Morgan fingerprint density at radius 2 is 1.62 bits per heavy atom. The van der Waals surface area contributed by atoms with Crippen molar-refractivity contribution in [2.75, 3.05) is 18.9 Å². The van der Waals surface area contributed by atoms with E-state index in [2.05, 4.69) is 4.72 Å². The van der Waals surface area contributed by atoms with Gasteiger partial charge in [0.25, 0.3) is 10.0 Å². The van der Waals surface area contributed by atoms with Crippen molar-refractivity contribution in [2.24, 2.45) is 0 Å². The molecule has 2 aromatic carbocycles. The summed E-state index contributed by atoms with van der Waals surface area (Å²) in [6.45, 7) is 6.11. The molecule has 6 heteroatoms. The van der Waals surface area contributed by atoms with Crippen molar-refractivity contribution >= 4 is 15.7 Å². The van der Waals surface area contributed by atoms with Gasteiger partial charge in [-0.1, -0.05) is 39.0 Å². The van der Waals surface area contributed by atoms with E-state index in [0.29, 0.717) is 11.4 Å². The summed E-state index contributed by atoms with van der Waals surface area (Å²) >= 11 is 0. The third kappa shape index (κ3) is 3.82. The van der Waals surface area contributed by atoms with E-state index in [1.54, 1.807) is 24.3 Å². The van der Waals surface area contributed by atoms with Crippen molar-refractivity contribution in [3.8, 4) is 11.5 Å². The van der Waals surface area contributed by atoms with Gasteiger partial charge in [-0.2, -0.15) is 0 Å². The molecule has 0 aliphatic rings. The van der Waals surface area contributed by atoms with Crippen LogP contribution in [0.2, 0.25) is 0 Å². The van der Waals surface area contributed by atoms with Crippen molar-refractivity contribution < 1.29 is 17.9 Å². The van der Waals surface area contributed by atoms with E-state index in [4.69, 9.17) is 9.47 Å². The highest BCUT2D eigenvalue weighted by Crippen LogP contribution is 2.33. The normalized spacial score (nSPS) is 11.9. The number of ether oxygens (including phenoxy) is 2. The fourth-order valence-corrected chi connectivity index (χ4v) is 3.65. The fourth-order valence-electron chi connectivity index (χ4n) is 2.42. The maximum Gasteiger partial charge on any atom is 0.265 e. The first kappa shape index (κ1) is 18.1. The van der Waals surface area contributed by atoms with Gasteiger partial charge >= 0.3 is 0 Å². The van der Waals surface area contributed by atoms with Gasteiger partial charge in [0.2, 0.25) is 0 Å². The summed E-state index contributed by atoms with van der Waals surface area (Å²) in [5.41, 5.74) is 1.28. The standard InChI is InChI=1S/C18H23NO4S/c1-18(2,3)14-8-6-7-9-15(14)19-24(20,21)17-11-10-13(22-4)12-16(17)23-5/h6-12,19H,1-5H3. The lowest BCUT2D eigenvalue weighted by Gasteiger charge is -2.23. The Labute approximate surface area is 143 Å². The van der Waals surface area contributed by atoms with E-state index >= 15 is 0 Å². The zero-order chi connectivity index (χ0) is 18.0. The highest BCUT2D eigenvalue weighted by molar-refractivity contribution is 7.92. The van der Waals surface area contributed by atoms with Crippen molar-refractivity contribution in [2.45, 2.75) is 31.1 Å². The molecule has 0 unspecified atom stereocenters. The minimum Gasteiger partial charge on any atom is -0.497 e. The lowest BCUT2D eigenvalue weighted by Crippen LogP contribution is -2.19. The summed E-state index contributed by atoms with van der Waals surface area (Å²) in [7, 11) is -0.852. The molecule has 0 fully saturated rings. The number of methoxy groups -OCH3 is 2. The van der Waals surface area contributed by atoms with Crippen LogP contribution < -0.4 is 14.2 Å². The molecule has 0 atom stereocenters. The zero-order valence-corrected chi connectivity index (χ0v) is 15.4. The summed E-state index contributed by atoms with van der Waals surface area (Å²) < 4.78 is 38.7. The van der Waals surface area contributed by atoms with Crippen molar-refractivity contribution in [3.63, 3.8) is 0 Å². The molecule has 0 aromatic heterocycles. The SMILES string of the molecule is COc1ccc(S(=O)(=O)Nc2ccccc2C(C)(C)C)c(OC)c1. The first-order valence-corrected chi connectivity index (χ1v) is 9.01. The van der Waals surface area contributed by atoms with Crippen LogP contribution in [-0.2, 0) is 15.4 Å². The molecule has 0 aliphatic carbocycles. The molecule has 0 bridgehead atoms. The van der Waals surface area contributed by atoms with E-state index in [0.717, 1.165) is 5.56 Å². The van der Waals surface area contributed by atoms with Crippen LogP contribution in [0.25, 0.3) is 0 Å². The van der Waals surface area contributed by atoms with E-state index in [1.807, 2.05) is 32.9 Å². The Morgan fingerprint density at radius 3 is 2.21 bits per heavy atom. The lowest BCUT2D eigenvalue weighted by atomic mass is 9.86. The average molecular weight is 349 g/mol. The van der Waals surface area contributed by atoms with Crippen LogP contribution in [0.1, 0.15) is 26.3 Å². The third-order valence-electron chi connectivity index (χ3n) is 3.64. The Balaban J connectivity index is 2.47. The first-order valence-electron chi connectivity index (χ1n) is 7.53. The molecule has 2 rings (SSSR count). The molecule has 0 amide bonds. The van der Waals surface area contributed by atoms with Gasteiger partial charge in [0, 0.05) is 6.07 Å². The van der Waals surface area contributed by atoms with Crippen LogP contribution in [0.4, 0.5) is 5.69 Å². The number of hydrogen-bond acceptors (Lipinski definition) is 4. The second-order valence-electron chi connectivity index (χ2n) is 6.42. The predicted molar refractivity (Wildman–Crippen MR) is 95.5 cm³/mol. The number of rotatable bonds is 5. The van der Waals surface area contributed by atoms with Gasteiger partial charge in [-0.25, -0.2) is 8.42 Å². The van der Waals surface area contributed by atoms with Crippen molar-refractivity contribution in [1.29, 1.82) is 0 Å². The minimum absolute atomic E-state index is 0.0644. The maximum atomic E-state index is 12.8. The highest BCUT2D eigenvalue weighted by Gasteiger charge is 2.24. The number of sulfonamides is 1. The van der Waals surface area contributed by atoms with Crippen molar-refractivity contribution in [1.82, 2.24) is 0 Å². The molecule has 24 heavy (non-hydrogen) atoms. The minimum atomic E-state index is -3.79. The summed E-state index contributed by atoms with van der Waals surface area (Å²) in [5.74, 6) is 0.760. The monoisotopic (exact) mass is 349 g/mol. The largest absolute Gasteiger partial charge is 0.497 e. The maximum absolute atomic E-state index is 12.8. The average Bonchev–Trinajstić information content (AvgIpc) is 2.53. The smallest absolute Gasteiger partial charge is 0.265 e. The molecule has 2 aromatic rings. The second-order valence-corrected chi connectivity index (χ2v) is 8.07. The molecule has 0 spiro atoms. The quantitative estimate of drug-likeness (QED) is 0.892. The molecule has 0 saturated heterocycles. The molecule has 1 N–H and O–H groups in total. The summed E-state index contributed by atoms with van der Waals surface area (Å²) in [4.78, 5) is 0.0644. The molecule has 0 saturated carbocycles. The molecular formula is C18H23NO4S. The van der Waals surface area contributed by atoms with Gasteiger partial charge < -0.3 is 9.47 Å². The van der Waals surface area contributed by atoms with E-state index in [1.165, 1.54) is 20.3 Å². The molecule has 0 heterocycles. The number of benzene rings is 2. The van der Waals surface area contributed by atoms with E-state index < -0.39 is 10.0 Å². The van der Waals surface area contributed by atoms with E-state index in [9.17, 15) is 8.42 Å². The molecule has 130 valence electrons. The number of hydrogen-bond donors (Lipinski definition) is 1. The third-order valence-corrected chi connectivity index (χ3v) is 5.04. The number of nitrogens with one attached hydrogen (secondary N) is 1. The first-order chi connectivity index (χ1) is 11.2. The Bertz CT molecular complexity index is 823. The van der Waals surface area contributed by atoms with Crippen LogP contribution in [0.5, 0.6) is 11.5 Å². The molecule has 0 aliphatic heterocycles. The number of para-hydroxylation sites is 1. The lowest BCUT2D eigenvalue weighted by molar-refractivity contribution is 0.386. The van der Waals surface area contributed by atoms with Crippen LogP contribution in [-0.4, -0.2) is 22.6 Å². The van der Waals surface area contributed by atoms with Crippen LogP contribution >= 0.6 is 0 Å². The van der Waals surface area contributed by atoms with Gasteiger partial charge in [0.1, 0.15) is 16.4 Å². The van der Waals surface area contributed by atoms with Gasteiger partial charge in [-0.15, -0.1) is 0 Å². The predicted octanol–water partition coefficient (Wildman–Crippen LogP) is 3.80. The second kappa shape index (κ2) is 6.73. The summed E-state index contributed by atoms with van der Waals surface area (Å²) in [6.07, 6.45) is 0. The van der Waals surface area contributed by atoms with E-state index in [-0.39, 0.29) is 16.1 Å². The Hall–Kier alpha value is -2.21. The van der Waals surface area contributed by atoms with Crippen LogP contribution in [0.3, 0.4) is 0 Å². The molecule has 5 nitrogen and oxygen atoms in total. The number of anilines is 1. The van der Waals surface area contributed by atoms with Gasteiger partial charge in [0.15, 0.2) is 0 Å². The van der Waals surface area contributed by atoms with Gasteiger partial charge in [-0.05, 0) is 29.2 Å². The van der Waals surface area contributed by atoms with Crippen LogP contribution in [0, 0.1) is 0 Å². The Kier molecular flexibility index (Phi) is 5.08. The summed E-state index contributed by atoms with van der Waals surface area (Å²) in [5, 5.41) is 0. The topological polar surface area (TPSA) is 64.6 Å². The zero-order valence-electron chi connectivity index (χ0n) is 14.6. The molecular weight excluding hydrogens is 326 g/mol. The molecule has 0 radical (unpaired) electrons. The Morgan fingerprint density at radius 1 is 0.958 bits per heavy atom. The summed E-state index contributed by atoms with van der Waals surface area (Å²) in [6, 6.07) is 12.0.